The van der Waals surface area contributed by atoms with Gasteiger partial charge in [-0.2, -0.15) is 0 Å². The quantitative estimate of drug-likeness (QED) is 0.467. The summed E-state index contributed by atoms with van der Waals surface area (Å²) >= 11 is 1.97. The molecule has 0 aromatic rings. The lowest BCUT2D eigenvalue weighted by Crippen LogP contribution is -2.13. The number of nitrogens with one attached hydrogen (secondary N) is 1. The molecule has 0 fully saturated rings. The van der Waals surface area contributed by atoms with Crippen molar-refractivity contribution in [3.05, 3.63) is 34.1 Å². The smallest absolute Gasteiger partial charge is 0.337 e. The molecule has 3 nitrogen and oxygen atoms in total. The maximum atomic E-state index is 10.6. The van der Waals surface area contributed by atoms with Gasteiger partial charge in [0.15, 0.2) is 0 Å². The van der Waals surface area contributed by atoms with Gasteiger partial charge in [0.25, 0.3) is 0 Å². The fourth-order valence-corrected chi connectivity index (χ4v) is 1.29. The highest BCUT2D eigenvalue weighted by Crippen LogP contribution is 2.09. The molecule has 0 saturated heterocycles. The molecule has 0 heterocycles. The van der Waals surface area contributed by atoms with Gasteiger partial charge in [0.2, 0.25) is 0 Å². The van der Waals surface area contributed by atoms with E-state index in [-0.39, 0.29) is 5.57 Å². The fourth-order valence-electron chi connectivity index (χ4n) is 0.642. The monoisotopic (exact) mass is 279 g/mol. The van der Waals surface area contributed by atoms with E-state index in [0.717, 1.165) is 0 Å². The van der Waals surface area contributed by atoms with Gasteiger partial charge < -0.3 is 10.4 Å². The van der Waals surface area contributed by atoms with Crippen LogP contribution in [-0.4, -0.2) is 18.1 Å². The summed E-state index contributed by atoms with van der Waals surface area (Å²) < 4.78 is 1.67. The number of hydrogen-bond acceptors (Lipinski definition) is 2. The molecule has 66 valence electrons. The lowest BCUT2D eigenvalue weighted by atomic mass is 10.2. The Morgan fingerprint density at radius 2 is 2.25 bits per heavy atom. The van der Waals surface area contributed by atoms with Crippen molar-refractivity contribution in [3.8, 4) is 0 Å². The number of halogens is 1. The molecule has 0 spiro atoms. The highest BCUT2D eigenvalue weighted by atomic mass is 127. The van der Waals surface area contributed by atoms with Crippen molar-refractivity contribution in [3.63, 3.8) is 0 Å². The third-order valence-corrected chi connectivity index (χ3v) is 1.81. The molecule has 0 saturated carbocycles. The first-order valence-corrected chi connectivity index (χ1v) is 4.46. The highest BCUT2D eigenvalue weighted by molar-refractivity contribution is 14.1. The van der Waals surface area contributed by atoms with Crippen LogP contribution in [0.5, 0.6) is 0 Å². The van der Waals surface area contributed by atoms with E-state index < -0.39 is 5.97 Å². The van der Waals surface area contributed by atoms with Crippen LogP contribution in [0.25, 0.3) is 0 Å². The summed E-state index contributed by atoms with van der Waals surface area (Å²) in [5.41, 5.74) is 0.782. The Bertz CT molecular complexity index is 243. The Hall–Kier alpha value is -0.780. The molecule has 0 aromatic heterocycles. The first-order valence-electron chi connectivity index (χ1n) is 3.21. The van der Waals surface area contributed by atoms with Gasteiger partial charge in [0.05, 0.1) is 11.3 Å². The molecule has 0 aliphatic carbocycles. The van der Waals surface area contributed by atoms with Crippen molar-refractivity contribution in [2.75, 3.05) is 7.05 Å². The molecule has 0 aliphatic rings. The lowest BCUT2D eigenvalue weighted by molar-refractivity contribution is -0.132. The average Bonchev–Trinajstić information content (AvgIpc) is 2.05. The number of allylic oxidation sites excluding steroid dienone is 2. The Labute approximate surface area is 85.0 Å². The first kappa shape index (κ1) is 11.2. The van der Waals surface area contributed by atoms with Crippen molar-refractivity contribution < 1.29 is 9.90 Å². The van der Waals surface area contributed by atoms with Crippen molar-refractivity contribution in [2.45, 2.75) is 0 Å². The molecule has 4 heteroatoms. The van der Waals surface area contributed by atoms with E-state index in [4.69, 9.17) is 5.11 Å². The van der Waals surface area contributed by atoms with Gasteiger partial charge in [0.1, 0.15) is 0 Å². The first-order chi connectivity index (χ1) is 5.67. The zero-order valence-corrected chi connectivity index (χ0v) is 8.83. The predicted octanol–water partition coefficient (Wildman–Crippen LogP) is 1.68. The summed E-state index contributed by atoms with van der Waals surface area (Å²) in [7, 11) is 1.67. The number of likely N-dealkylation sites (N-methyl/N-ethyl adjacent to an activating group) is 1. The van der Waals surface area contributed by atoms with Gasteiger partial charge in [-0.15, -0.1) is 0 Å². The van der Waals surface area contributed by atoms with E-state index in [9.17, 15) is 4.79 Å². The molecule has 2 N–H and O–H groups in total. The molecular formula is C8H10INO2. The van der Waals surface area contributed by atoms with Crippen LogP contribution in [0.15, 0.2) is 34.1 Å². The highest BCUT2D eigenvalue weighted by Gasteiger charge is 2.09. The second kappa shape index (κ2) is 5.82. The van der Waals surface area contributed by atoms with E-state index in [1.165, 1.54) is 12.2 Å². The van der Waals surface area contributed by atoms with Crippen molar-refractivity contribution >= 4 is 28.6 Å². The molecule has 12 heavy (non-hydrogen) atoms. The van der Waals surface area contributed by atoms with E-state index >= 15 is 0 Å². The lowest BCUT2D eigenvalue weighted by Gasteiger charge is -2.04. The normalized spacial score (nSPS) is 12.5. The molecule has 0 bridgehead atoms. The van der Waals surface area contributed by atoms with Crippen LogP contribution < -0.4 is 5.32 Å². The number of hydrogen-bond donors (Lipinski definition) is 2. The molecular weight excluding hydrogens is 269 g/mol. The Morgan fingerprint density at radius 1 is 1.67 bits per heavy atom. The summed E-state index contributed by atoms with van der Waals surface area (Å²) in [5, 5.41) is 11.5. The van der Waals surface area contributed by atoms with Crippen LogP contribution in [0.1, 0.15) is 0 Å². The minimum atomic E-state index is -0.966. The second-order valence-corrected chi connectivity index (χ2v) is 2.52. The van der Waals surface area contributed by atoms with E-state index in [1.807, 2.05) is 22.6 Å². The number of carboxylic acid groups (broad SMARTS) is 1. The van der Waals surface area contributed by atoms with Crippen molar-refractivity contribution in [1.29, 1.82) is 0 Å². The van der Waals surface area contributed by atoms with Gasteiger partial charge in [0, 0.05) is 11.1 Å². The topological polar surface area (TPSA) is 49.3 Å². The van der Waals surface area contributed by atoms with Crippen LogP contribution in [0.3, 0.4) is 0 Å². The molecule has 0 radical (unpaired) electrons. The standard InChI is InChI=1S/C8H10INO2/c1-3-4-6(8(11)12)7(5-9)10-2/h3-5,10H,1H2,2H3,(H,11,12)/b6-4+,7-5+. The van der Waals surface area contributed by atoms with Gasteiger partial charge in [-0.25, -0.2) is 4.79 Å². The molecule has 0 aromatic carbocycles. The number of rotatable bonds is 4. The maximum absolute atomic E-state index is 10.6. The van der Waals surface area contributed by atoms with E-state index in [0.29, 0.717) is 5.70 Å². The van der Waals surface area contributed by atoms with E-state index in [1.54, 1.807) is 11.1 Å². The van der Waals surface area contributed by atoms with Crippen molar-refractivity contribution in [1.82, 2.24) is 5.32 Å². The summed E-state index contributed by atoms with van der Waals surface area (Å²) in [6.07, 6.45) is 2.89. The third kappa shape index (κ3) is 3.08. The van der Waals surface area contributed by atoms with E-state index in [2.05, 4.69) is 11.9 Å². The second-order valence-electron chi connectivity index (χ2n) is 1.89. The minimum absolute atomic E-state index is 0.210. The zero-order chi connectivity index (χ0) is 9.56. The predicted molar refractivity (Wildman–Crippen MR) is 57.1 cm³/mol. The zero-order valence-electron chi connectivity index (χ0n) is 6.67. The Morgan fingerprint density at radius 3 is 2.50 bits per heavy atom. The molecule has 0 aliphatic heterocycles. The largest absolute Gasteiger partial charge is 0.478 e. The minimum Gasteiger partial charge on any atom is -0.478 e. The van der Waals surface area contributed by atoms with Crippen LogP contribution in [-0.2, 0) is 4.79 Å². The summed E-state index contributed by atoms with van der Waals surface area (Å²) in [6, 6.07) is 0. The van der Waals surface area contributed by atoms with Crippen LogP contribution in [0.2, 0.25) is 0 Å². The van der Waals surface area contributed by atoms with Crippen molar-refractivity contribution in [2.24, 2.45) is 0 Å². The average molecular weight is 279 g/mol. The molecule has 0 unspecified atom stereocenters. The van der Waals surface area contributed by atoms with Crippen LogP contribution >= 0.6 is 22.6 Å². The number of aliphatic carboxylic acids is 1. The van der Waals surface area contributed by atoms with Gasteiger partial charge in [-0.3, -0.25) is 0 Å². The Balaban J connectivity index is 4.86. The van der Waals surface area contributed by atoms with Crippen LogP contribution in [0.4, 0.5) is 0 Å². The van der Waals surface area contributed by atoms with Gasteiger partial charge >= 0.3 is 5.97 Å². The summed E-state index contributed by atoms with van der Waals surface area (Å²) in [6.45, 7) is 3.44. The van der Waals surface area contributed by atoms with Gasteiger partial charge in [-0.05, 0) is 6.08 Å². The third-order valence-electron chi connectivity index (χ3n) is 1.18. The summed E-state index contributed by atoms with van der Waals surface area (Å²) in [4.78, 5) is 10.6. The number of carboxylic acids is 1. The van der Waals surface area contributed by atoms with Gasteiger partial charge in [-0.1, -0.05) is 35.2 Å². The maximum Gasteiger partial charge on any atom is 0.337 e. The molecule has 0 rings (SSSR count). The molecule has 0 amide bonds. The Kier molecular flexibility index (Phi) is 5.44. The number of carbonyl (C=O) groups is 1. The fraction of sp³-hybridized carbons (Fsp3) is 0.125. The molecule has 0 atom stereocenters. The summed E-state index contributed by atoms with van der Waals surface area (Å²) in [5.74, 6) is -0.966. The SMILES string of the molecule is C=C/C=C(C(=O)O)\C(=C/I)NC. The van der Waals surface area contributed by atoms with Crippen LogP contribution in [0, 0.1) is 0 Å².